The van der Waals surface area contributed by atoms with Crippen LogP contribution in [0.5, 0.6) is 0 Å². The Bertz CT molecular complexity index is 299. The van der Waals surface area contributed by atoms with E-state index in [1.807, 2.05) is 6.92 Å². The lowest BCUT2D eigenvalue weighted by Gasteiger charge is -2.15. The number of aryl methyl sites for hydroxylation is 1. The minimum atomic E-state index is 0.611. The van der Waals surface area contributed by atoms with Gasteiger partial charge in [-0.3, -0.25) is 0 Å². The van der Waals surface area contributed by atoms with Crippen molar-refractivity contribution in [3.8, 4) is 0 Å². The highest BCUT2D eigenvalue weighted by atomic mass is 79.9. The summed E-state index contributed by atoms with van der Waals surface area (Å²) in [7, 11) is 0. The van der Waals surface area contributed by atoms with Crippen molar-refractivity contribution in [2.45, 2.75) is 32.6 Å². The molecule has 90 valence electrons. The Labute approximate surface area is 107 Å². The molecule has 0 radical (unpaired) electrons. The van der Waals surface area contributed by atoms with Crippen molar-refractivity contribution < 1.29 is 4.74 Å². The number of benzene rings is 1. The van der Waals surface area contributed by atoms with E-state index in [9.17, 15) is 0 Å². The molecule has 0 aromatic heterocycles. The molecule has 0 aliphatic carbocycles. The minimum absolute atomic E-state index is 0.611. The molecule has 1 rings (SSSR count). The van der Waals surface area contributed by atoms with Gasteiger partial charge in [0.25, 0.3) is 0 Å². The van der Waals surface area contributed by atoms with Crippen LogP contribution in [0.2, 0.25) is 0 Å². The summed E-state index contributed by atoms with van der Waals surface area (Å²) in [4.78, 5) is 0. The Balaban J connectivity index is 2.47. The summed E-state index contributed by atoms with van der Waals surface area (Å²) in [6.07, 6.45) is 2.33. The highest BCUT2D eigenvalue weighted by Crippen LogP contribution is 2.24. The number of hydrogen-bond acceptors (Lipinski definition) is 1. The van der Waals surface area contributed by atoms with Crippen molar-refractivity contribution in [3.05, 3.63) is 35.4 Å². The lowest BCUT2D eigenvalue weighted by molar-refractivity contribution is 0.142. The fraction of sp³-hybridized carbons (Fsp3) is 0.571. The maximum Gasteiger partial charge on any atom is 0.0466 e. The zero-order valence-electron chi connectivity index (χ0n) is 10.2. The van der Waals surface area contributed by atoms with Crippen molar-refractivity contribution in [1.82, 2.24) is 0 Å². The van der Waals surface area contributed by atoms with Gasteiger partial charge in [0.05, 0.1) is 0 Å². The molecule has 0 bridgehead atoms. The summed E-state index contributed by atoms with van der Waals surface area (Å²) in [5.41, 5.74) is 2.78. The second-order valence-electron chi connectivity index (χ2n) is 4.10. The molecule has 1 unspecified atom stereocenters. The smallest absolute Gasteiger partial charge is 0.0466 e. The zero-order valence-corrected chi connectivity index (χ0v) is 11.8. The lowest BCUT2D eigenvalue weighted by Crippen LogP contribution is -2.03. The third-order valence-corrected chi connectivity index (χ3v) is 3.53. The van der Waals surface area contributed by atoms with E-state index in [2.05, 4.69) is 47.1 Å². The average molecular weight is 285 g/mol. The summed E-state index contributed by atoms with van der Waals surface area (Å²) in [5.74, 6) is 0.611. The monoisotopic (exact) mass is 284 g/mol. The average Bonchev–Trinajstić information content (AvgIpc) is 2.29. The van der Waals surface area contributed by atoms with Crippen LogP contribution in [-0.4, -0.2) is 18.5 Å². The Morgan fingerprint density at radius 3 is 2.81 bits per heavy atom. The maximum atomic E-state index is 5.37. The largest absolute Gasteiger partial charge is 0.382 e. The summed E-state index contributed by atoms with van der Waals surface area (Å²) < 4.78 is 5.37. The molecule has 1 aromatic rings. The normalized spacial score (nSPS) is 12.7. The van der Waals surface area contributed by atoms with Crippen LogP contribution >= 0.6 is 15.9 Å². The van der Waals surface area contributed by atoms with E-state index in [1.54, 1.807) is 0 Å². The first-order valence-corrected chi connectivity index (χ1v) is 7.10. The van der Waals surface area contributed by atoms with Crippen LogP contribution in [0.4, 0.5) is 0 Å². The van der Waals surface area contributed by atoms with Crippen LogP contribution in [-0.2, 0) is 4.74 Å². The van der Waals surface area contributed by atoms with Gasteiger partial charge in [0.1, 0.15) is 0 Å². The number of rotatable bonds is 7. The highest BCUT2D eigenvalue weighted by Gasteiger charge is 2.09. The van der Waals surface area contributed by atoms with Crippen LogP contribution in [0.15, 0.2) is 24.3 Å². The molecule has 2 heteroatoms. The molecular formula is C14H21BrO. The fourth-order valence-electron chi connectivity index (χ4n) is 1.83. The van der Waals surface area contributed by atoms with E-state index in [4.69, 9.17) is 4.74 Å². The van der Waals surface area contributed by atoms with E-state index in [0.717, 1.165) is 25.0 Å². The summed E-state index contributed by atoms with van der Waals surface area (Å²) in [6.45, 7) is 5.90. The molecule has 0 aliphatic heterocycles. The molecule has 1 atom stereocenters. The third-order valence-electron chi connectivity index (χ3n) is 2.75. The van der Waals surface area contributed by atoms with Gasteiger partial charge >= 0.3 is 0 Å². The van der Waals surface area contributed by atoms with E-state index in [0.29, 0.717) is 5.92 Å². The predicted octanol–water partition coefficient (Wildman–Crippen LogP) is 4.29. The van der Waals surface area contributed by atoms with Crippen LogP contribution in [0.1, 0.15) is 36.8 Å². The van der Waals surface area contributed by atoms with Crippen molar-refractivity contribution in [2.24, 2.45) is 0 Å². The molecule has 1 nitrogen and oxygen atoms in total. The molecule has 1 aromatic carbocycles. The number of alkyl halides is 1. The van der Waals surface area contributed by atoms with Gasteiger partial charge in [-0.1, -0.05) is 45.8 Å². The Morgan fingerprint density at radius 2 is 2.19 bits per heavy atom. The van der Waals surface area contributed by atoms with Crippen LogP contribution < -0.4 is 0 Å². The van der Waals surface area contributed by atoms with Gasteiger partial charge < -0.3 is 4.74 Å². The number of ether oxygens (including phenoxy) is 1. The van der Waals surface area contributed by atoms with E-state index in [-0.39, 0.29) is 0 Å². The second-order valence-corrected chi connectivity index (χ2v) is 4.75. The van der Waals surface area contributed by atoms with Crippen LogP contribution in [0.3, 0.4) is 0 Å². The van der Waals surface area contributed by atoms with Gasteiger partial charge in [0, 0.05) is 18.5 Å². The maximum absolute atomic E-state index is 5.37. The Hall–Kier alpha value is -0.340. The van der Waals surface area contributed by atoms with Gasteiger partial charge in [-0.25, -0.2) is 0 Å². The third kappa shape index (κ3) is 4.67. The van der Waals surface area contributed by atoms with Crippen LogP contribution in [0, 0.1) is 6.92 Å². The first kappa shape index (κ1) is 13.7. The topological polar surface area (TPSA) is 9.23 Å². The molecular weight excluding hydrogens is 264 g/mol. The lowest BCUT2D eigenvalue weighted by atomic mass is 9.95. The Kier molecular flexibility index (Phi) is 6.74. The predicted molar refractivity (Wildman–Crippen MR) is 73.4 cm³/mol. The molecule has 16 heavy (non-hydrogen) atoms. The molecule has 0 heterocycles. The SMILES string of the molecule is CCOCCCC(CBr)c1cccc(C)c1. The van der Waals surface area contributed by atoms with Crippen molar-refractivity contribution in [3.63, 3.8) is 0 Å². The molecule has 0 N–H and O–H groups in total. The van der Waals surface area contributed by atoms with E-state index in [1.165, 1.54) is 17.5 Å². The number of halogens is 1. The zero-order chi connectivity index (χ0) is 11.8. The van der Waals surface area contributed by atoms with E-state index >= 15 is 0 Å². The number of hydrogen-bond donors (Lipinski definition) is 0. The second kappa shape index (κ2) is 7.86. The minimum Gasteiger partial charge on any atom is -0.382 e. The quantitative estimate of drug-likeness (QED) is 0.536. The summed E-state index contributed by atoms with van der Waals surface area (Å²) in [6, 6.07) is 8.80. The van der Waals surface area contributed by atoms with Gasteiger partial charge in [-0.2, -0.15) is 0 Å². The van der Waals surface area contributed by atoms with Gasteiger partial charge in [0.15, 0.2) is 0 Å². The first-order chi connectivity index (χ1) is 7.77. The molecule has 0 amide bonds. The molecule has 0 fully saturated rings. The van der Waals surface area contributed by atoms with Crippen LogP contribution in [0.25, 0.3) is 0 Å². The summed E-state index contributed by atoms with van der Waals surface area (Å²) >= 11 is 3.61. The molecule has 0 saturated carbocycles. The molecule has 0 saturated heterocycles. The van der Waals surface area contributed by atoms with Gasteiger partial charge in [0.2, 0.25) is 0 Å². The molecule has 0 aliphatic rings. The van der Waals surface area contributed by atoms with Crippen molar-refractivity contribution >= 4 is 15.9 Å². The Morgan fingerprint density at radius 1 is 1.38 bits per heavy atom. The van der Waals surface area contributed by atoms with Gasteiger partial charge in [-0.05, 0) is 38.2 Å². The summed E-state index contributed by atoms with van der Waals surface area (Å²) in [5, 5.41) is 1.03. The van der Waals surface area contributed by atoms with E-state index < -0.39 is 0 Å². The fourth-order valence-corrected chi connectivity index (χ4v) is 2.53. The standard InChI is InChI=1S/C14H21BrO/c1-3-16-9-5-8-14(11-15)13-7-4-6-12(2)10-13/h4,6-7,10,14H,3,5,8-9,11H2,1-2H3. The van der Waals surface area contributed by atoms with Gasteiger partial charge in [-0.15, -0.1) is 0 Å². The van der Waals surface area contributed by atoms with Crippen molar-refractivity contribution in [2.75, 3.05) is 18.5 Å². The highest BCUT2D eigenvalue weighted by molar-refractivity contribution is 9.09. The van der Waals surface area contributed by atoms with Crippen molar-refractivity contribution in [1.29, 1.82) is 0 Å². The molecule has 0 spiro atoms. The first-order valence-electron chi connectivity index (χ1n) is 5.98.